The number of aliphatic imine (C=N–C) groups is 1. The number of thioether (sulfide) groups is 1. The predicted molar refractivity (Wildman–Crippen MR) is 144 cm³/mol. The van der Waals surface area contributed by atoms with Crippen molar-refractivity contribution in [1.82, 2.24) is 5.32 Å². The molecule has 0 spiro atoms. The molecule has 1 N–H and O–H groups in total. The molecular formula is C29H29N3O5S. The highest BCUT2D eigenvalue weighted by Crippen LogP contribution is 2.48. The van der Waals surface area contributed by atoms with Gasteiger partial charge in [0.15, 0.2) is 17.3 Å². The second-order valence-electron chi connectivity index (χ2n) is 10.4. The average molecular weight is 532 g/mol. The van der Waals surface area contributed by atoms with Gasteiger partial charge in [-0.15, -0.1) is 0 Å². The van der Waals surface area contributed by atoms with E-state index in [9.17, 15) is 14.9 Å². The molecule has 0 fully saturated rings. The number of nitrogens with zero attached hydrogens (tertiary/aromatic N) is 2. The highest BCUT2D eigenvalue weighted by atomic mass is 32.2. The number of carbonyl (C=O) groups is 2. The van der Waals surface area contributed by atoms with Gasteiger partial charge in [0.1, 0.15) is 11.7 Å². The number of ether oxygens (including phenoxy) is 3. The summed E-state index contributed by atoms with van der Waals surface area (Å²) in [7, 11) is 1.60. The van der Waals surface area contributed by atoms with E-state index in [0.717, 1.165) is 16.8 Å². The van der Waals surface area contributed by atoms with Gasteiger partial charge in [-0.05, 0) is 47.2 Å². The fourth-order valence-electron chi connectivity index (χ4n) is 5.13. The fraction of sp³-hybridized carbons (Fsp3) is 0.379. The zero-order valence-electron chi connectivity index (χ0n) is 21.6. The van der Waals surface area contributed by atoms with Gasteiger partial charge >= 0.3 is 0 Å². The SMILES string of the molecule is COc1ccc([C@H]2C3=C(CC(C)(C)CC3=O)N=C(SCC(=O)NCc3ccc4c(c3)OCO4)C2C#N)cc1. The summed E-state index contributed by atoms with van der Waals surface area (Å²) < 4.78 is 16.0. The Morgan fingerprint density at radius 3 is 2.68 bits per heavy atom. The van der Waals surface area contributed by atoms with E-state index in [2.05, 4.69) is 25.2 Å². The van der Waals surface area contributed by atoms with Gasteiger partial charge in [-0.2, -0.15) is 5.26 Å². The quantitative estimate of drug-likeness (QED) is 0.573. The summed E-state index contributed by atoms with van der Waals surface area (Å²) in [5.74, 6) is 0.915. The van der Waals surface area contributed by atoms with Crippen LogP contribution < -0.4 is 19.5 Å². The van der Waals surface area contributed by atoms with E-state index in [1.54, 1.807) is 7.11 Å². The molecule has 8 nitrogen and oxygen atoms in total. The molecule has 0 bridgehead atoms. The lowest BCUT2D eigenvalue weighted by Crippen LogP contribution is -2.35. The van der Waals surface area contributed by atoms with E-state index in [1.165, 1.54) is 11.8 Å². The van der Waals surface area contributed by atoms with E-state index in [1.807, 2.05) is 42.5 Å². The molecule has 2 heterocycles. The van der Waals surface area contributed by atoms with Crippen LogP contribution >= 0.6 is 11.8 Å². The van der Waals surface area contributed by atoms with E-state index in [4.69, 9.17) is 19.2 Å². The normalized spacial score (nSPS) is 21.3. The Morgan fingerprint density at radius 1 is 1.18 bits per heavy atom. The topological polar surface area (TPSA) is 110 Å². The number of nitriles is 1. The maximum absolute atomic E-state index is 13.3. The van der Waals surface area contributed by atoms with Crippen LogP contribution in [0.25, 0.3) is 0 Å². The van der Waals surface area contributed by atoms with E-state index in [0.29, 0.717) is 47.3 Å². The molecule has 2 aromatic rings. The van der Waals surface area contributed by atoms with Crippen molar-refractivity contribution in [1.29, 1.82) is 5.26 Å². The molecule has 38 heavy (non-hydrogen) atoms. The largest absolute Gasteiger partial charge is 0.497 e. The maximum atomic E-state index is 13.3. The number of nitrogens with one attached hydrogen (secondary N) is 1. The van der Waals surface area contributed by atoms with Crippen LogP contribution in [0.2, 0.25) is 0 Å². The Hall–Kier alpha value is -3.77. The molecule has 3 aliphatic rings. The van der Waals surface area contributed by atoms with Crippen molar-refractivity contribution in [3.63, 3.8) is 0 Å². The van der Waals surface area contributed by atoms with E-state index >= 15 is 0 Å². The first-order valence-corrected chi connectivity index (χ1v) is 13.4. The van der Waals surface area contributed by atoms with Gasteiger partial charge in [-0.1, -0.05) is 43.8 Å². The molecule has 2 aliphatic heterocycles. The van der Waals surface area contributed by atoms with Gasteiger partial charge in [0, 0.05) is 30.2 Å². The summed E-state index contributed by atoms with van der Waals surface area (Å²) in [6.45, 7) is 4.65. The first-order valence-electron chi connectivity index (χ1n) is 12.4. The minimum Gasteiger partial charge on any atom is -0.497 e. The number of methoxy groups -OCH3 is 1. The smallest absolute Gasteiger partial charge is 0.231 e. The van der Waals surface area contributed by atoms with Gasteiger partial charge in [0.25, 0.3) is 0 Å². The van der Waals surface area contributed by atoms with Crippen molar-refractivity contribution in [2.75, 3.05) is 19.7 Å². The molecule has 1 amide bonds. The molecule has 0 radical (unpaired) electrons. The number of allylic oxidation sites excluding steroid dienone is 2. The second-order valence-corrected chi connectivity index (χ2v) is 11.4. The van der Waals surface area contributed by atoms with Crippen LogP contribution in [0.4, 0.5) is 0 Å². The molecule has 5 rings (SSSR count). The molecule has 2 aromatic carbocycles. The Balaban J connectivity index is 1.35. The minimum absolute atomic E-state index is 0.0339. The summed E-state index contributed by atoms with van der Waals surface area (Å²) >= 11 is 1.26. The van der Waals surface area contributed by atoms with Crippen LogP contribution in [-0.4, -0.2) is 36.4 Å². The van der Waals surface area contributed by atoms with E-state index < -0.39 is 11.8 Å². The number of Topliss-reactive ketones (excluding diaryl/α,β-unsaturated/α-hetero) is 1. The number of hydrogen-bond donors (Lipinski definition) is 1. The van der Waals surface area contributed by atoms with Crippen molar-refractivity contribution < 1.29 is 23.8 Å². The summed E-state index contributed by atoms with van der Waals surface area (Å²) in [5.41, 5.74) is 2.88. The molecule has 0 saturated heterocycles. The third kappa shape index (κ3) is 5.27. The Labute approximate surface area is 226 Å². The van der Waals surface area contributed by atoms with E-state index in [-0.39, 0.29) is 29.7 Å². The lowest BCUT2D eigenvalue weighted by atomic mass is 9.68. The average Bonchev–Trinajstić information content (AvgIpc) is 3.37. The van der Waals surface area contributed by atoms with Crippen LogP contribution in [-0.2, 0) is 16.1 Å². The molecule has 0 aromatic heterocycles. The Kier molecular flexibility index (Phi) is 7.17. The summed E-state index contributed by atoms with van der Waals surface area (Å²) in [5, 5.41) is 13.7. The standard InChI is InChI=1S/C29H29N3O5S/c1-29(2)11-21-27(22(33)12-29)26(18-5-7-19(35-3)8-6-18)20(13-30)28(32-21)38-15-25(34)31-14-17-4-9-23-24(10-17)37-16-36-23/h4-10,20,26H,11-12,14-16H2,1-3H3,(H,31,34)/t20?,26-/m1/s1. The third-order valence-corrected chi connectivity index (χ3v) is 7.99. The highest BCUT2D eigenvalue weighted by Gasteiger charge is 2.44. The molecule has 9 heteroatoms. The third-order valence-electron chi connectivity index (χ3n) is 6.94. The van der Waals surface area contributed by atoms with Gasteiger partial charge in [-0.3, -0.25) is 9.59 Å². The number of carbonyl (C=O) groups excluding carboxylic acids is 2. The Bertz CT molecular complexity index is 1370. The zero-order chi connectivity index (χ0) is 26.9. The van der Waals surface area contributed by atoms with Gasteiger partial charge < -0.3 is 19.5 Å². The minimum atomic E-state index is -0.668. The maximum Gasteiger partial charge on any atom is 0.231 e. The molecule has 1 unspecified atom stereocenters. The molecular weight excluding hydrogens is 502 g/mol. The Morgan fingerprint density at radius 2 is 1.95 bits per heavy atom. The van der Waals surface area contributed by atoms with Crippen LogP contribution in [0.1, 0.15) is 43.7 Å². The lowest BCUT2D eigenvalue weighted by molar-refractivity contribution is -0.119. The van der Waals surface area contributed by atoms with Crippen LogP contribution in [0, 0.1) is 22.7 Å². The zero-order valence-corrected chi connectivity index (χ0v) is 22.4. The van der Waals surface area contributed by atoms with Crippen LogP contribution in [0.5, 0.6) is 17.2 Å². The van der Waals surface area contributed by atoms with Crippen molar-refractivity contribution in [2.45, 2.75) is 39.2 Å². The monoisotopic (exact) mass is 531 g/mol. The number of amides is 1. The number of benzene rings is 2. The van der Waals surface area contributed by atoms with Crippen molar-refractivity contribution >= 4 is 28.5 Å². The lowest BCUT2D eigenvalue weighted by Gasteiger charge is -2.38. The molecule has 196 valence electrons. The number of hydrogen-bond acceptors (Lipinski definition) is 8. The summed E-state index contributed by atoms with van der Waals surface area (Å²) in [4.78, 5) is 30.9. The first kappa shape index (κ1) is 25.9. The molecule has 0 saturated carbocycles. The summed E-state index contributed by atoms with van der Waals surface area (Å²) in [6, 6.07) is 15.4. The van der Waals surface area contributed by atoms with Crippen LogP contribution in [0.3, 0.4) is 0 Å². The second kappa shape index (κ2) is 10.5. The van der Waals surface area contributed by atoms with Crippen molar-refractivity contribution in [3.05, 3.63) is 64.9 Å². The number of ketones is 1. The fourth-order valence-corrected chi connectivity index (χ4v) is 6.05. The number of fused-ring (bicyclic) bond motifs is 1. The van der Waals surface area contributed by atoms with Crippen molar-refractivity contribution in [2.24, 2.45) is 16.3 Å². The van der Waals surface area contributed by atoms with Crippen molar-refractivity contribution in [3.8, 4) is 23.3 Å². The molecule has 2 atom stereocenters. The van der Waals surface area contributed by atoms with Gasteiger partial charge in [0.05, 0.1) is 24.0 Å². The van der Waals surface area contributed by atoms with Gasteiger partial charge in [-0.25, -0.2) is 4.99 Å². The highest BCUT2D eigenvalue weighted by molar-refractivity contribution is 8.14. The first-order chi connectivity index (χ1) is 18.3. The van der Waals surface area contributed by atoms with Gasteiger partial charge in [0.2, 0.25) is 12.7 Å². The number of rotatable bonds is 6. The summed E-state index contributed by atoms with van der Waals surface area (Å²) in [6.07, 6.45) is 1.05. The van der Waals surface area contributed by atoms with Crippen LogP contribution in [0.15, 0.2) is 58.7 Å². The molecule has 1 aliphatic carbocycles. The predicted octanol–water partition coefficient (Wildman–Crippen LogP) is 4.75.